The first-order chi connectivity index (χ1) is 9.33. The topological polar surface area (TPSA) is 57.6 Å². The van der Waals surface area contributed by atoms with E-state index in [1.54, 1.807) is 19.1 Å². The summed E-state index contributed by atoms with van der Waals surface area (Å²) in [7, 11) is 0. The van der Waals surface area contributed by atoms with Gasteiger partial charge in [-0.2, -0.15) is 0 Å². The van der Waals surface area contributed by atoms with Gasteiger partial charge in [-0.3, -0.25) is 9.59 Å². The van der Waals surface area contributed by atoms with Crippen LogP contribution in [0.3, 0.4) is 0 Å². The highest BCUT2D eigenvalue weighted by Gasteiger charge is 2.39. The van der Waals surface area contributed by atoms with Gasteiger partial charge >= 0.3 is 5.97 Å². The van der Waals surface area contributed by atoms with Gasteiger partial charge in [-0.05, 0) is 38.0 Å². The number of carbonyl (C=O) groups is 2. The van der Waals surface area contributed by atoms with Crippen molar-refractivity contribution in [2.24, 2.45) is 5.41 Å². The van der Waals surface area contributed by atoms with E-state index in [1.165, 1.54) is 11.0 Å². The number of rotatable bonds is 2. The lowest BCUT2D eigenvalue weighted by molar-refractivity contribution is -0.150. The standard InChI is InChI=1S/C14H15Cl2NO3/c1-14(13(19)20)5-2-6-17(8-14)12(18)10-7-9(15)3-4-11(10)16/h3-4,7H,2,5-6,8H2,1H3,(H,19,20). The van der Waals surface area contributed by atoms with Crippen LogP contribution in [-0.2, 0) is 4.79 Å². The molecular formula is C14H15Cl2NO3. The molecule has 1 aliphatic heterocycles. The summed E-state index contributed by atoms with van der Waals surface area (Å²) < 4.78 is 0. The highest BCUT2D eigenvalue weighted by molar-refractivity contribution is 6.35. The molecule has 0 radical (unpaired) electrons. The van der Waals surface area contributed by atoms with Gasteiger partial charge in [0.05, 0.1) is 16.0 Å². The lowest BCUT2D eigenvalue weighted by Crippen LogP contribution is -2.48. The predicted octanol–water partition coefficient (Wildman–Crippen LogP) is 3.32. The molecule has 1 aromatic carbocycles. The van der Waals surface area contributed by atoms with E-state index in [2.05, 4.69) is 0 Å². The maximum absolute atomic E-state index is 12.5. The number of carboxylic acid groups (broad SMARTS) is 1. The number of likely N-dealkylation sites (tertiary alicyclic amines) is 1. The molecule has 0 spiro atoms. The second-order valence-electron chi connectivity index (χ2n) is 5.32. The molecule has 0 aliphatic carbocycles. The zero-order valence-corrected chi connectivity index (χ0v) is 12.5. The van der Waals surface area contributed by atoms with Crippen LogP contribution in [0.25, 0.3) is 0 Å². The Kier molecular flexibility index (Phi) is 4.25. The van der Waals surface area contributed by atoms with E-state index in [1.807, 2.05) is 0 Å². The van der Waals surface area contributed by atoms with Crippen molar-refractivity contribution < 1.29 is 14.7 Å². The Morgan fingerprint density at radius 2 is 2.05 bits per heavy atom. The maximum Gasteiger partial charge on any atom is 0.311 e. The lowest BCUT2D eigenvalue weighted by atomic mass is 9.82. The third-order valence-corrected chi connectivity index (χ3v) is 4.22. The molecule has 2 rings (SSSR count). The fourth-order valence-electron chi connectivity index (χ4n) is 2.42. The Hall–Kier alpha value is -1.26. The number of amides is 1. The van der Waals surface area contributed by atoms with Crippen molar-refractivity contribution in [2.45, 2.75) is 19.8 Å². The molecule has 108 valence electrons. The number of halogens is 2. The summed E-state index contributed by atoms with van der Waals surface area (Å²) >= 11 is 11.9. The van der Waals surface area contributed by atoms with E-state index >= 15 is 0 Å². The molecule has 0 saturated carbocycles. The largest absolute Gasteiger partial charge is 0.481 e. The van der Waals surface area contributed by atoms with E-state index in [4.69, 9.17) is 23.2 Å². The maximum atomic E-state index is 12.5. The molecule has 1 N–H and O–H groups in total. The number of nitrogens with zero attached hydrogens (tertiary/aromatic N) is 1. The van der Waals surface area contributed by atoms with Crippen LogP contribution in [0.15, 0.2) is 18.2 Å². The predicted molar refractivity (Wildman–Crippen MR) is 77.3 cm³/mol. The Balaban J connectivity index is 2.25. The fraction of sp³-hybridized carbons (Fsp3) is 0.429. The van der Waals surface area contributed by atoms with Crippen molar-refractivity contribution in [3.05, 3.63) is 33.8 Å². The first kappa shape index (κ1) is 15.1. The van der Waals surface area contributed by atoms with Gasteiger partial charge in [0.1, 0.15) is 0 Å². The minimum atomic E-state index is -0.904. The lowest BCUT2D eigenvalue weighted by Gasteiger charge is -2.37. The van der Waals surface area contributed by atoms with Gasteiger partial charge in [-0.15, -0.1) is 0 Å². The summed E-state index contributed by atoms with van der Waals surface area (Å²) in [5.74, 6) is -1.16. The van der Waals surface area contributed by atoms with Crippen molar-refractivity contribution >= 4 is 35.1 Å². The molecule has 1 atom stereocenters. The number of piperidine rings is 1. The summed E-state index contributed by atoms with van der Waals surface area (Å²) in [5, 5.41) is 10.0. The number of hydrogen-bond acceptors (Lipinski definition) is 2. The summed E-state index contributed by atoms with van der Waals surface area (Å²) in [6.45, 7) is 2.38. The van der Waals surface area contributed by atoms with Crippen LogP contribution >= 0.6 is 23.2 Å². The Labute approximate surface area is 127 Å². The van der Waals surface area contributed by atoms with Crippen LogP contribution < -0.4 is 0 Å². The van der Waals surface area contributed by atoms with Gasteiger partial charge in [0.15, 0.2) is 0 Å². The first-order valence-electron chi connectivity index (χ1n) is 6.31. The molecule has 1 amide bonds. The number of hydrogen-bond donors (Lipinski definition) is 1. The van der Waals surface area contributed by atoms with Crippen molar-refractivity contribution in [3.63, 3.8) is 0 Å². The normalized spacial score (nSPS) is 22.6. The van der Waals surface area contributed by atoms with Crippen molar-refractivity contribution in [1.82, 2.24) is 4.90 Å². The first-order valence-corrected chi connectivity index (χ1v) is 7.07. The smallest absolute Gasteiger partial charge is 0.311 e. The number of carboxylic acids is 1. The second-order valence-corrected chi connectivity index (χ2v) is 6.16. The summed E-state index contributed by atoms with van der Waals surface area (Å²) in [4.78, 5) is 25.3. The van der Waals surface area contributed by atoms with Gasteiger partial charge in [-0.25, -0.2) is 0 Å². The summed E-state index contributed by atoms with van der Waals surface area (Å²) in [6.07, 6.45) is 1.22. The van der Waals surface area contributed by atoms with Gasteiger partial charge in [0.2, 0.25) is 0 Å². The molecule has 1 aliphatic rings. The third kappa shape index (κ3) is 2.91. The minimum Gasteiger partial charge on any atom is -0.481 e. The Morgan fingerprint density at radius 1 is 1.35 bits per heavy atom. The van der Waals surface area contributed by atoms with Gasteiger partial charge < -0.3 is 10.0 Å². The molecule has 1 saturated heterocycles. The van der Waals surface area contributed by atoms with Crippen LogP contribution in [0.2, 0.25) is 10.0 Å². The van der Waals surface area contributed by atoms with Crippen LogP contribution in [0, 0.1) is 5.41 Å². The molecule has 1 aromatic rings. The van der Waals surface area contributed by atoms with Crippen LogP contribution in [0.5, 0.6) is 0 Å². The van der Waals surface area contributed by atoms with E-state index in [0.29, 0.717) is 35.0 Å². The molecule has 20 heavy (non-hydrogen) atoms. The molecule has 0 bridgehead atoms. The molecule has 1 heterocycles. The highest BCUT2D eigenvalue weighted by atomic mass is 35.5. The third-order valence-electron chi connectivity index (χ3n) is 3.66. The van der Waals surface area contributed by atoms with Crippen LogP contribution in [0.4, 0.5) is 0 Å². The average molecular weight is 316 g/mol. The zero-order chi connectivity index (χ0) is 14.9. The van der Waals surface area contributed by atoms with Crippen molar-refractivity contribution in [3.8, 4) is 0 Å². The minimum absolute atomic E-state index is 0.185. The summed E-state index contributed by atoms with van der Waals surface area (Å²) in [6, 6.07) is 4.69. The second kappa shape index (κ2) is 5.62. The van der Waals surface area contributed by atoms with Gasteiger partial charge in [-0.1, -0.05) is 23.2 Å². The zero-order valence-electron chi connectivity index (χ0n) is 11.0. The van der Waals surface area contributed by atoms with Crippen molar-refractivity contribution in [1.29, 1.82) is 0 Å². The summed E-state index contributed by atoms with van der Waals surface area (Å²) in [5.41, 5.74) is -0.590. The monoisotopic (exact) mass is 315 g/mol. The quantitative estimate of drug-likeness (QED) is 0.910. The van der Waals surface area contributed by atoms with E-state index in [-0.39, 0.29) is 12.5 Å². The molecule has 6 heteroatoms. The van der Waals surface area contributed by atoms with E-state index in [9.17, 15) is 14.7 Å². The van der Waals surface area contributed by atoms with Crippen LogP contribution in [0.1, 0.15) is 30.1 Å². The Bertz CT molecular complexity index is 561. The highest BCUT2D eigenvalue weighted by Crippen LogP contribution is 2.31. The number of benzene rings is 1. The van der Waals surface area contributed by atoms with Gasteiger partial charge in [0.25, 0.3) is 5.91 Å². The SMILES string of the molecule is CC1(C(=O)O)CCCN(C(=O)c2cc(Cl)ccc2Cl)C1. The molecular weight excluding hydrogens is 301 g/mol. The molecule has 1 unspecified atom stereocenters. The van der Waals surface area contributed by atoms with E-state index in [0.717, 1.165) is 0 Å². The number of carbonyl (C=O) groups excluding carboxylic acids is 1. The Morgan fingerprint density at radius 3 is 2.70 bits per heavy atom. The average Bonchev–Trinajstić information content (AvgIpc) is 2.40. The fourth-order valence-corrected chi connectivity index (χ4v) is 2.79. The van der Waals surface area contributed by atoms with Crippen molar-refractivity contribution in [2.75, 3.05) is 13.1 Å². The number of aliphatic carboxylic acids is 1. The van der Waals surface area contributed by atoms with Gasteiger partial charge in [0, 0.05) is 18.1 Å². The van der Waals surface area contributed by atoms with Crippen LogP contribution in [-0.4, -0.2) is 35.0 Å². The molecule has 1 fully saturated rings. The molecule has 4 nitrogen and oxygen atoms in total. The molecule has 0 aromatic heterocycles. The van der Waals surface area contributed by atoms with E-state index < -0.39 is 11.4 Å².